The topological polar surface area (TPSA) is 44.9 Å². The molecule has 0 aliphatic rings. The number of carbonyl (C=O) groups is 1. The van der Waals surface area contributed by atoms with Gasteiger partial charge in [0, 0.05) is 35.6 Å². The maximum atomic E-state index is 13.9. The van der Waals surface area contributed by atoms with Gasteiger partial charge in [-0.1, -0.05) is 48.5 Å². The highest BCUT2D eigenvalue weighted by molar-refractivity contribution is 5.94. The minimum atomic E-state index is -0.874. The Hall–Kier alpha value is -3.47. The zero-order valence-electron chi connectivity index (χ0n) is 15.0. The lowest BCUT2D eigenvalue weighted by atomic mass is 9.91. The second kappa shape index (κ2) is 7.64. The molecule has 0 saturated heterocycles. The molecule has 1 atom stereocenters. The van der Waals surface area contributed by atoms with Crippen LogP contribution >= 0.6 is 0 Å². The van der Waals surface area contributed by atoms with Crippen molar-refractivity contribution in [1.29, 1.82) is 0 Å². The number of carbonyl (C=O) groups excluding carboxylic acids is 1. The number of fused-ring (bicyclic) bond motifs is 1. The highest BCUT2D eigenvalue weighted by atomic mass is 19.1. The second-order valence-electron chi connectivity index (χ2n) is 6.59. The Bertz CT molecular complexity index is 1120. The zero-order chi connectivity index (χ0) is 19.5. The number of rotatable bonds is 5. The standard InChI is InChI=1S/C23H18F2N2O/c24-16-10-11-18(21(25)12-16)23(28)27-13-19(15-6-2-1-3-7-15)20-14-26-22-9-5-4-8-17(20)22/h1-12,14,19,26H,13H2,(H,27,28)/t19-/m1/s1. The first-order chi connectivity index (χ1) is 13.6. The lowest BCUT2D eigenvalue weighted by Gasteiger charge is -2.18. The summed E-state index contributed by atoms with van der Waals surface area (Å²) in [5, 5.41) is 3.86. The third-order valence-corrected chi connectivity index (χ3v) is 4.84. The van der Waals surface area contributed by atoms with E-state index in [1.165, 1.54) is 0 Å². The SMILES string of the molecule is O=C(NC[C@H](c1ccccc1)c1c[nH]c2ccccc12)c1ccc(F)cc1F. The number of H-pyrrole nitrogens is 1. The van der Waals surface area contributed by atoms with Crippen molar-refractivity contribution in [3.63, 3.8) is 0 Å². The van der Waals surface area contributed by atoms with E-state index in [1.54, 1.807) is 0 Å². The van der Waals surface area contributed by atoms with Crippen molar-refractivity contribution < 1.29 is 13.6 Å². The van der Waals surface area contributed by atoms with E-state index in [2.05, 4.69) is 10.3 Å². The lowest BCUT2D eigenvalue weighted by Crippen LogP contribution is -2.29. The number of para-hydroxylation sites is 1. The van der Waals surface area contributed by atoms with Crippen LogP contribution in [0, 0.1) is 11.6 Å². The minimum Gasteiger partial charge on any atom is -0.361 e. The third-order valence-electron chi connectivity index (χ3n) is 4.84. The molecule has 1 aromatic heterocycles. The first-order valence-corrected chi connectivity index (χ1v) is 8.97. The van der Waals surface area contributed by atoms with Gasteiger partial charge in [-0.15, -0.1) is 0 Å². The lowest BCUT2D eigenvalue weighted by molar-refractivity contribution is 0.0948. The van der Waals surface area contributed by atoms with Gasteiger partial charge in [0.1, 0.15) is 11.6 Å². The smallest absolute Gasteiger partial charge is 0.254 e. The van der Waals surface area contributed by atoms with Gasteiger partial charge < -0.3 is 10.3 Å². The highest BCUT2D eigenvalue weighted by Gasteiger charge is 2.20. The summed E-state index contributed by atoms with van der Waals surface area (Å²) in [6, 6.07) is 20.7. The van der Waals surface area contributed by atoms with Crippen LogP contribution in [0.3, 0.4) is 0 Å². The van der Waals surface area contributed by atoms with Crippen LogP contribution in [0.4, 0.5) is 8.78 Å². The normalized spacial score (nSPS) is 12.1. The monoisotopic (exact) mass is 376 g/mol. The zero-order valence-corrected chi connectivity index (χ0v) is 15.0. The number of nitrogens with one attached hydrogen (secondary N) is 2. The number of hydrogen-bond donors (Lipinski definition) is 2. The average molecular weight is 376 g/mol. The summed E-state index contributed by atoms with van der Waals surface area (Å²) in [5.41, 5.74) is 2.91. The summed E-state index contributed by atoms with van der Waals surface area (Å²) in [7, 11) is 0. The molecule has 2 N–H and O–H groups in total. The second-order valence-corrected chi connectivity index (χ2v) is 6.59. The van der Waals surface area contributed by atoms with Crippen molar-refractivity contribution in [2.75, 3.05) is 6.54 Å². The quantitative estimate of drug-likeness (QED) is 0.505. The van der Waals surface area contributed by atoms with E-state index in [0.717, 1.165) is 34.2 Å². The molecule has 4 aromatic rings. The van der Waals surface area contributed by atoms with E-state index in [1.807, 2.05) is 60.8 Å². The fourth-order valence-corrected chi connectivity index (χ4v) is 3.44. The first kappa shape index (κ1) is 17.9. The molecule has 3 nitrogen and oxygen atoms in total. The predicted octanol–water partition coefficient (Wildman–Crippen LogP) is 5.01. The molecule has 140 valence electrons. The van der Waals surface area contributed by atoms with Gasteiger partial charge in [-0.05, 0) is 29.3 Å². The van der Waals surface area contributed by atoms with Crippen LogP contribution < -0.4 is 5.32 Å². The number of hydrogen-bond acceptors (Lipinski definition) is 1. The Morgan fingerprint density at radius 2 is 1.71 bits per heavy atom. The summed E-state index contributed by atoms with van der Waals surface area (Å²) >= 11 is 0. The van der Waals surface area contributed by atoms with Crippen LogP contribution in [-0.4, -0.2) is 17.4 Å². The van der Waals surface area contributed by atoms with Gasteiger partial charge in [0.15, 0.2) is 0 Å². The van der Waals surface area contributed by atoms with Crippen molar-refractivity contribution in [1.82, 2.24) is 10.3 Å². The van der Waals surface area contributed by atoms with Gasteiger partial charge in [0.2, 0.25) is 0 Å². The molecule has 0 unspecified atom stereocenters. The van der Waals surface area contributed by atoms with Gasteiger partial charge in [0.05, 0.1) is 5.56 Å². The largest absolute Gasteiger partial charge is 0.361 e. The maximum absolute atomic E-state index is 13.9. The molecule has 3 aromatic carbocycles. The Morgan fingerprint density at radius 1 is 0.964 bits per heavy atom. The Balaban J connectivity index is 1.64. The summed E-state index contributed by atoms with van der Waals surface area (Å²) in [5.74, 6) is -2.28. The molecule has 0 radical (unpaired) electrons. The van der Waals surface area contributed by atoms with Crippen molar-refractivity contribution in [2.45, 2.75) is 5.92 Å². The van der Waals surface area contributed by atoms with Crippen LogP contribution in [0.1, 0.15) is 27.4 Å². The van der Waals surface area contributed by atoms with Crippen LogP contribution in [0.5, 0.6) is 0 Å². The number of aromatic nitrogens is 1. The van der Waals surface area contributed by atoms with Gasteiger partial charge in [0.25, 0.3) is 5.91 Å². The summed E-state index contributed by atoms with van der Waals surface area (Å²) < 4.78 is 27.0. The Labute approximate surface area is 161 Å². The van der Waals surface area contributed by atoms with Crippen molar-refractivity contribution in [3.05, 3.63) is 107 Å². The molecule has 1 amide bonds. The van der Waals surface area contributed by atoms with Crippen molar-refractivity contribution in [2.24, 2.45) is 0 Å². The number of amides is 1. The Kier molecular flexibility index (Phi) is 4.89. The van der Waals surface area contributed by atoms with E-state index in [4.69, 9.17) is 0 Å². The van der Waals surface area contributed by atoms with E-state index in [0.29, 0.717) is 6.07 Å². The average Bonchev–Trinajstić information content (AvgIpc) is 3.13. The molecule has 0 aliphatic carbocycles. The Morgan fingerprint density at radius 3 is 2.50 bits per heavy atom. The highest BCUT2D eigenvalue weighted by Crippen LogP contribution is 2.30. The molecule has 1 heterocycles. The molecular formula is C23H18F2N2O. The van der Waals surface area contributed by atoms with Crippen LogP contribution in [0.15, 0.2) is 79.0 Å². The molecule has 0 spiro atoms. The van der Waals surface area contributed by atoms with Crippen LogP contribution in [0.2, 0.25) is 0 Å². The molecule has 28 heavy (non-hydrogen) atoms. The van der Waals surface area contributed by atoms with E-state index in [9.17, 15) is 13.6 Å². The van der Waals surface area contributed by atoms with Gasteiger partial charge in [-0.2, -0.15) is 0 Å². The van der Waals surface area contributed by atoms with E-state index < -0.39 is 17.5 Å². The van der Waals surface area contributed by atoms with E-state index >= 15 is 0 Å². The van der Waals surface area contributed by atoms with Gasteiger partial charge in [-0.3, -0.25) is 4.79 Å². The molecule has 0 aliphatic heterocycles. The van der Waals surface area contributed by atoms with Crippen LogP contribution in [-0.2, 0) is 0 Å². The van der Waals surface area contributed by atoms with Gasteiger partial charge in [-0.25, -0.2) is 8.78 Å². The molecule has 4 rings (SSSR count). The summed E-state index contributed by atoms with van der Waals surface area (Å²) in [4.78, 5) is 15.7. The van der Waals surface area contributed by atoms with Crippen molar-refractivity contribution >= 4 is 16.8 Å². The minimum absolute atomic E-state index is 0.121. The number of benzene rings is 3. The molecule has 0 saturated carbocycles. The predicted molar refractivity (Wildman–Crippen MR) is 105 cm³/mol. The van der Waals surface area contributed by atoms with E-state index in [-0.39, 0.29) is 18.0 Å². The summed E-state index contributed by atoms with van der Waals surface area (Å²) in [6.07, 6.45) is 1.94. The molecule has 0 fully saturated rings. The number of halogens is 2. The fourth-order valence-electron chi connectivity index (χ4n) is 3.44. The summed E-state index contributed by atoms with van der Waals surface area (Å²) in [6.45, 7) is 0.279. The van der Waals surface area contributed by atoms with Crippen molar-refractivity contribution in [3.8, 4) is 0 Å². The molecular weight excluding hydrogens is 358 g/mol. The maximum Gasteiger partial charge on any atom is 0.254 e. The first-order valence-electron chi connectivity index (χ1n) is 8.97. The molecule has 0 bridgehead atoms. The van der Waals surface area contributed by atoms with Gasteiger partial charge >= 0.3 is 0 Å². The fraction of sp³-hybridized carbons (Fsp3) is 0.0870. The molecule has 5 heteroatoms. The third kappa shape index (κ3) is 3.51. The number of aromatic amines is 1. The van der Waals surface area contributed by atoms with Crippen LogP contribution in [0.25, 0.3) is 10.9 Å².